The Balaban J connectivity index is 1.56. The molecular weight excluding hydrogens is 389 g/mol. The third kappa shape index (κ3) is 3.93. The number of nitrogens with one attached hydrogen (secondary N) is 1. The number of halogens is 3. The third-order valence-corrected chi connectivity index (χ3v) is 5.74. The third-order valence-electron chi connectivity index (χ3n) is 4.89. The summed E-state index contributed by atoms with van der Waals surface area (Å²) in [5, 5.41) is 4.85. The summed E-state index contributed by atoms with van der Waals surface area (Å²) in [5.74, 6) is -0.203. The smallest absolute Gasteiger partial charge is 0.376 e. The molecule has 3 heterocycles. The molecule has 28 heavy (non-hydrogen) atoms. The molecule has 0 bridgehead atoms. The van der Waals surface area contributed by atoms with Gasteiger partial charge < -0.3 is 14.6 Å². The Bertz CT molecular complexity index is 970. The molecule has 4 nitrogen and oxygen atoms in total. The summed E-state index contributed by atoms with van der Waals surface area (Å²) in [6.45, 7) is 1.50. The van der Waals surface area contributed by atoms with Gasteiger partial charge in [-0.3, -0.25) is 4.79 Å². The van der Waals surface area contributed by atoms with Gasteiger partial charge in [0.25, 0.3) is 5.91 Å². The lowest BCUT2D eigenvalue weighted by Gasteiger charge is -2.14. The highest BCUT2D eigenvalue weighted by Gasteiger charge is 2.30. The van der Waals surface area contributed by atoms with Crippen molar-refractivity contribution < 1.29 is 22.7 Å². The van der Waals surface area contributed by atoms with Gasteiger partial charge in [-0.1, -0.05) is 12.1 Å². The molecular formula is C20H19F3N2O2S. The second kappa shape index (κ2) is 7.60. The van der Waals surface area contributed by atoms with Crippen molar-refractivity contribution in [3.8, 4) is 0 Å². The van der Waals surface area contributed by atoms with Gasteiger partial charge in [0.05, 0.1) is 21.9 Å². The van der Waals surface area contributed by atoms with Crippen LogP contribution in [-0.4, -0.2) is 29.7 Å². The summed E-state index contributed by atoms with van der Waals surface area (Å²) >= 11 is 1.53. The van der Waals surface area contributed by atoms with Crippen molar-refractivity contribution in [1.82, 2.24) is 9.88 Å². The van der Waals surface area contributed by atoms with Crippen molar-refractivity contribution in [3.05, 3.63) is 58.6 Å². The van der Waals surface area contributed by atoms with Crippen LogP contribution < -0.4 is 5.32 Å². The van der Waals surface area contributed by atoms with Crippen LogP contribution in [0, 0.1) is 0 Å². The second-order valence-electron chi connectivity index (χ2n) is 6.83. The fourth-order valence-corrected chi connectivity index (χ4v) is 4.24. The highest BCUT2D eigenvalue weighted by molar-refractivity contribution is 7.17. The summed E-state index contributed by atoms with van der Waals surface area (Å²) in [5.41, 5.74) is 1.41. The van der Waals surface area contributed by atoms with Gasteiger partial charge in [0.2, 0.25) is 0 Å². The lowest BCUT2D eigenvalue weighted by Crippen LogP contribution is -2.33. The van der Waals surface area contributed by atoms with Gasteiger partial charge in [0, 0.05) is 19.7 Å². The number of alkyl halides is 3. The van der Waals surface area contributed by atoms with Crippen molar-refractivity contribution >= 4 is 27.5 Å². The molecule has 0 spiro atoms. The van der Waals surface area contributed by atoms with Crippen LogP contribution >= 0.6 is 11.3 Å². The molecule has 1 aliphatic heterocycles. The number of rotatable bonds is 5. The molecule has 148 valence electrons. The van der Waals surface area contributed by atoms with Crippen LogP contribution in [0.25, 0.3) is 10.2 Å². The monoisotopic (exact) mass is 408 g/mol. The van der Waals surface area contributed by atoms with Crippen molar-refractivity contribution in [1.29, 1.82) is 0 Å². The molecule has 1 N–H and O–H groups in total. The molecule has 1 aromatic carbocycles. The quantitative estimate of drug-likeness (QED) is 0.666. The van der Waals surface area contributed by atoms with Crippen LogP contribution in [0.4, 0.5) is 13.2 Å². The number of carbonyl (C=O) groups is 1. The van der Waals surface area contributed by atoms with E-state index in [0.717, 1.165) is 41.8 Å². The standard InChI is InChI=1S/C20H19F3N2O2S/c21-20(22,23)14-5-3-13(4-6-14)12-25-16-7-9-28-18(16)10-17(25)19(26)24-11-15-2-1-8-27-15/h3-7,9-10,15H,1-2,8,11-12H2,(H,24,26)/t15-/m1/s1. The van der Waals surface area contributed by atoms with Crippen LogP contribution in [0.3, 0.4) is 0 Å². The first-order valence-electron chi connectivity index (χ1n) is 9.04. The summed E-state index contributed by atoms with van der Waals surface area (Å²) in [6, 6.07) is 8.79. The van der Waals surface area contributed by atoms with E-state index in [-0.39, 0.29) is 12.0 Å². The zero-order valence-electron chi connectivity index (χ0n) is 15.0. The molecule has 1 amide bonds. The molecule has 3 aromatic rings. The fourth-order valence-electron chi connectivity index (χ4n) is 3.42. The van der Waals surface area contributed by atoms with Crippen molar-refractivity contribution in [2.75, 3.05) is 13.2 Å². The molecule has 0 radical (unpaired) electrons. The number of hydrogen-bond acceptors (Lipinski definition) is 3. The normalized spacial score (nSPS) is 17.3. The number of amides is 1. The van der Waals surface area contributed by atoms with E-state index in [0.29, 0.717) is 24.3 Å². The highest BCUT2D eigenvalue weighted by atomic mass is 32.1. The Morgan fingerprint density at radius 2 is 2.04 bits per heavy atom. The van der Waals surface area contributed by atoms with Gasteiger partial charge in [-0.2, -0.15) is 13.2 Å². The first-order chi connectivity index (χ1) is 13.4. The van der Waals surface area contributed by atoms with Gasteiger partial charge >= 0.3 is 6.18 Å². The number of aromatic nitrogens is 1. The van der Waals surface area contributed by atoms with E-state index in [2.05, 4.69) is 5.32 Å². The summed E-state index contributed by atoms with van der Waals surface area (Å²) in [7, 11) is 0. The van der Waals surface area contributed by atoms with E-state index < -0.39 is 11.7 Å². The minimum Gasteiger partial charge on any atom is -0.376 e. The van der Waals surface area contributed by atoms with Crippen LogP contribution in [-0.2, 0) is 17.5 Å². The van der Waals surface area contributed by atoms with Gasteiger partial charge in [-0.05, 0) is 48.1 Å². The first kappa shape index (κ1) is 19.0. The van der Waals surface area contributed by atoms with E-state index in [1.807, 2.05) is 22.1 Å². The van der Waals surface area contributed by atoms with Crippen LogP contribution in [0.1, 0.15) is 34.5 Å². The Morgan fingerprint density at radius 1 is 1.25 bits per heavy atom. The molecule has 8 heteroatoms. The van der Waals surface area contributed by atoms with Crippen molar-refractivity contribution in [2.24, 2.45) is 0 Å². The van der Waals surface area contributed by atoms with E-state index in [1.54, 1.807) is 0 Å². The van der Waals surface area contributed by atoms with Gasteiger partial charge in [0.15, 0.2) is 0 Å². The fraction of sp³-hybridized carbons (Fsp3) is 0.350. The number of fused-ring (bicyclic) bond motifs is 1. The minimum atomic E-state index is -4.36. The Kier molecular flexibility index (Phi) is 5.16. The summed E-state index contributed by atoms with van der Waals surface area (Å²) in [6.07, 6.45) is -2.38. The molecule has 4 rings (SSSR count). The maximum Gasteiger partial charge on any atom is 0.416 e. The lowest BCUT2D eigenvalue weighted by molar-refractivity contribution is -0.137. The molecule has 1 saturated heterocycles. The topological polar surface area (TPSA) is 43.3 Å². The number of benzene rings is 1. The van der Waals surface area contributed by atoms with Crippen LogP contribution in [0.15, 0.2) is 41.8 Å². The highest BCUT2D eigenvalue weighted by Crippen LogP contribution is 2.30. The summed E-state index contributed by atoms with van der Waals surface area (Å²) in [4.78, 5) is 12.7. The molecule has 0 unspecified atom stereocenters. The van der Waals surface area contributed by atoms with Gasteiger partial charge in [-0.25, -0.2) is 0 Å². The van der Waals surface area contributed by atoms with Gasteiger partial charge in [0.1, 0.15) is 5.69 Å². The molecule has 1 fully saturated rings. The van der Waals surface area contributed by atoms with Crippen LogP contribution in [0.2, 0.25) is 0 Å². The van der Waals surface area contributed by atoms with E-state index in [9.17, 15) is 18.0 Å². The number of hydrogen-bond donors (Lipinski definition) is 1. The van der Waals surface area contributed by atoms with Crippen molar-refractivity contribution in [3.63, 3.8) is 0 Å². The number of thiophene rings is 1. The first-order valence-corrected chi connectivity index (χ1v) is 9.92. The predicted octanol–water partition coefficient (Wildman–Crippen LogP) is 4.68. The second-order valence-corrected chi connectivity index (χ2v) is 7.77. The SMILES string of the molecule is O=C(NC[C@H]1CCCO1)c1cc2sccc2n1Cc1ccc(C(F)(F)F)cc1. The lowest BCUT2D eigenvalue weighted by atomic mass is 10.1. The van der Waals surface area contributed by atoms with E-state index >= 15 is 0 Å². The van der Waals surface area contributed by atoms with Crippen LogP contribution in [0.5, 0.6) is 0 Å². The molecule has 1 atom stereocenters. The molecule has 2 aromatic heterocycles. The van der Waals surface area contributed by atoms with Gasteiger partial charge in [-0.15, -0.1) is 11.3 Å². The van der Waals surface area contributed by atoms with E-state index in [1.165, 1.54) is 23.5 Å². The number of carbonyl (C=O) groups excluding carboxylic acids is 1. The molecule has 0 aliphatic carbocycles. The zero-order chi connectivity index (χ0) is 19.7. The minimum absolute atomic E-state index is 0.0448. The Hall–Kier alpha value is -2.32. The number of ether oxygens (including phenoxy) is 1. The summed E-state index contributed by atoms with van der Waals surface area (Å²) < 4.78 is 46.7. The maximum atomic E-state index is 12.8. The molecule has 1 aliphatic rings. The number of nitrogens with zero attached hydrogens (tertiary/aromatic N) is 1. The largest absolute Gasteiger partial charge is 0.416 e. The predicted molar refractivity (Wildman–Crippen MR) is 102 cm³/mol. The van der Waals surface area contributed by atoms with Crippen molar-refractivity contribution in [2.45, 2.75) is 31.7 Å². The maximum absolute atomic E-state index is 12.8. The average Bonchev–Trinajstić information content (AvgIpc) is 3.38. The van der Waals surface area contributed by atoms with E-state index in [4.69, 9.17) is 4.74 Å². The zero-order valence-corrected chi connectivity index (χ0v) is 15.8. The Labute approximate surface area is 163 Å². The molecule has 0 saturated carbocycles. The average molecular weight is 408 g/mol. The Morgan fingerprint density at radius 3 is 2.71 bits per heavy atom.